The Bertz CT molecular complexity index is 1150. The highest BCUT2D eigenvalue weighted by atomic mass is 35.5. The third kappa shape index (κ3) is 3.64. The van der Waals surface area contributed by atoms with Crippen LogP contribution >= 0.6 is 12.4 Å². The van der Waals surface area contributed by atoms with Gasteiger partial charge < -0.3 is 15.3 Å². The molecule has 1 fully saturated rings. The van der Waals surface area contributed by atoms with Crippen LogP contribution in [0.2, 0.25) is 0 Å². The van der Waals surface area contributed by atoms with Crippen molar-refractivity contribution in [3.05, 3.63) is 58.1 Å². The van der Waals surface area contributed by atoms with Gasteiger partial charge in [-0.3, -0.25) is 14.3 Å². The number of anilines is 1. The van der Waals surface area contributed by atoms with Crippen molar-refractivity contribution in [2.45, 2.75) is 0 Å². The summed E-state index contributed by atoms with van der Waals surface area (Å²) in [5.74, 6) is -2.95. The van der Waals surface area contributed by atoms with Crippen molar-refractivity contribution in [1.29, 1.82) is 0 Å². The van der Waals surface area contributed by atoms with Gasteiger partial charge in [0.05, 0.1) is 17.3 Å². The van der Waals surface area contributed by atoms with E-state index in [-0.39, 0.29) is 34.9 Å². The van der Waals surface area contributed by atoms with Crippen LogP contribution in [-0.4, -0.2) is 51.8 Å². The number of aromatic nitrogens is 3. The quantitative estimate of drug-likeness (QED) is 0.659. The summed E-state index contributed by atoms with van der Waals surface area (Å²) in [5.41, 5.74) is -1.57. The van der Waals surface area contributed by atoms with Crippen LogP contribution in [0.5, 0.6) is 0 Å². The van der Waals surface area contributed by atoms with Gasteiger partial charge in [-0.05, 0) is 12.1 Å². The zero-order valence-electron chi connectivity index (χ0n) is 14.9. The van der Waals surface area contributed by atoms with Crippen molar-refractivity contribution in [2.75, 3.05) is 31.1 Å². The predicted molar refractivity (Wildman–Crippen MR) is 104 cm³/mol. The van der Waals surface area contributed by atoms with E-state index < -0.39 is 28.6 Å². The first-order valence-corrected chi connectivity index (χ1v) is 8.52. The van der Waals surface area contributed by atoms with Crippen molar-refractivity contribution < 1.29 is 18.7 Å². The normalized spacial score (nSPS) is 13.9. The zero-order valence-corrected chi connectivity index (χ0v) is 15.7. The Morgan fingerprint density at radius 1 is 1.21 bits per heavy atom. The van der Waals surface area contributed by atoms with E-state index in [0.717, 1.165) is 23.0 Å². The number of pyridine rings is 3. The van der Waals surface area contributed by atoms with E-state index in [1.165, 1.54) is 12.3 Å². The first-order valence-electron chi connectivity index (χ1n) is 8.52. The van der Waals surface area contributed by atoms with Crippen LogP contribution in [0.25, 0.3) is 16.7 Å². The van der Waals surface area contributed by atoms with Gasteiger partial charge in [0.1, 0.15) is 5.56 Å². The molecule has 0 aliphatic carbocycles. The number of hydrogen-bond acceptors (Lipinski definition) is 6. The molecule has 2 N–H and O–H groups in total. The lowest BCUT2D eigenvalue weighted by atomic mass is 10.1. The highest BCUT2D eigenvalue weighted by Gasteiger charge is 2.23. The smallest absolute Gasteiger partial charge is 0.341 e. The second-order valence-corrected chi connectivity index (χ2v) is 6.28. The standard InChI is InChI=1S/C18H15F2N5O3.ClH/c19-12-7-10-15(26)11(18(27)28)9-25(14-1-2-22-8-13(14)20)16(10)23-17(12)24-5-3-21-4-6-24;/h1-2,7-9,21H,3-6H2,(H,27,28);1H. The van der Waals surface area contributed by atoms with Gasteiger partial charge in [-0.25, -0.2) is 18.6 Å². The largest absolute Gasteiger partial charge is 0.477 e. The third-order valence-electron chi connectivity index (χ3n) is 4.57. The molecule has 152 valence electrons. The fourth-order valence-electron chi connectivity index (χ4n) is 3.21. The summed E-state index contributed by atoms with van der Waals surface area (Å²) < 4.78 is 30.2. The molecule has 0 unspecified atom stereocenters. The van der Waals surface area contributed by atoms with Gasteiger partial charge >= 0.3 is 5.97 Å². The fraction of sp³-hybridized carbons (Fsp3) is 0.222. The summed E-state index contributed by atoms with van der Waals surface area (Å²) in [5, 5.41) is 12.2. The molecule has 4 rings (SSSR count). The van der Waals surface area contributed by atoms with Gasteiger partial charge in [0, 0.05) is 38.6 Å². The van der Waals surface area contributed by atoms with E-state index in [1.54, 1.807) is 4.90 Å². The predicted octanol–water partition coefficient (Wildman–Crippen LogP) is 1.59. The number of piperazine rings is 1. The number of halogens is 3. The number of carboxylic acid groups (broad SMARTS) is 1. The molecule has 0 amide bonds. The lowest BCUT2D eigenvalue weighted by molar-refractivity contribution is 0.0695. The molecule has 0 radical (unpaired) electrons. The van der Waals surface area contributed by atoms with Crippen LogP contribution in [0.3, 0.4) is 0 Å². The summed E-state index contributed by atoms with van der Waals surface area (Å²) in [6.45, 7) is 2.30. The summed E-state index contributed by atoms with van der Waals surface area (Å²) in [7, 11) is 0. The van der Waals surface area contributed by atoms with Crippen LogP contribution in [0, 0.1) is 11.6 Å². The van der Waals surface area contributed by atoms with Gasteiger partial charge in [0.15, 0.2) is 23.1 Å². The lowest BCUT2D eigenvalue weighted by Gasteiger charge is -2.29. The molecule has 0 atom stereocenters. The number of rotatable bonds is 3. The molecule has 29 heavy (non-hydrogen) atoms. The minimum Gasteiger partial charge on any atom is -0.477 e. The lowest BCUT2D eigenvalue weighted by Crippen LogP contribution is -2.44. The van der Waals surface area contributed by atoms with Crippen molar-refractivity contribution in [1.82, 2.24) is 19.9 Å². The molecule has 0 saturated carbocycles. The molecule has 1 aliphatic rings. The molecule has 3 aromatic rings. The molecular formula is C18H16ClF2N5O3. The number of carboxylic acids is 1. The number of aromatic carboxylic acids is 1. The first-order chi connectivity index (χ1) is 13.5. The van der Waals surface area contributed by atoms with Crippen molar-refractivity contribution in [2.24, 2.45) is 0 Å². The molecule has 0 spiro atoms. The van der Waals surface area contributed by atoms with Gasteiger partial charge in [-0.2, -0.15) is 0 Å². The SMILES string of the molecule is Cl.O=C(O)c1cn(-c2ccncc2F)c2nc(N3CCNCC3)c(F)cc2c1=O. The van der Waals surface area contributed by atoms with Gasteiger partial charge in [0.25, 0.3) is 0 Å². The van der Waals surface area contributed by atoms with Gasteiger partial charge in [-0.1, -0.05) is 0 Å². The van der Waals surface area contributed by atoms with E-state index in [9.17, 15) is 23.5 Å². The van der Waals surface area contributed by atoms with Crippen molar-refractivity contribution in [3.63, 3.8) is 0 Å². The van der Waals surface area contributed by atoms with Gasteiger partial charge in [-0.15, -0.1) is 12.4 Å². The highest BCUT2D eigenvalue weighted by Crippen LogP contribution is 2.24. The average Bonchev–Trinajstić information content (AvgIpc) is 2.69. The van der Waals surface area contributed by atoms with E-state index in [2.05, 4.69) is 15.3 Å². The molecule has 0 bridgehead atoms. The molecule has 3 aromatic heterocycles. The summed E-state index contributed by atoms with van der Waals surface area (Å²) in [6, 6.07) is 2.28. The maximum atomic E-state index is 14.7. The Morgan fingerprint density at radius 2 is 1.93 bits per heavy atom. The summed E-state index contributed by atoms with van der Waals surface area (Å²) >= 11 is 0. The molecule has 1 aliphatic heterocycles. The fourth-order valence-corrected chi connectivity index (χ4v) is 3.21. The number of hydrogen-bond donors (Lipinski definition) is 2. The van der Waals surface area contributed by atoms with Crippen LogP contribution in [0.15, 0.2) is 35.5 Å². The minimum atomic E-state index is -1.50. The van der Waals surface area contributed by atoms with E-state index in [4.69, 9.17) is 0 Å². The average molecular weight is 424 g/mol. The Kier molecular flexibility index (Phi) is 5.76. The van der Waals surface area contributed by atoms with E-state index in [1.807, 2.05) is 0 Å². The third-order valence-corrected chi connectivity index (χ3v) is 4.57. The maximum Gasteiger partial charge on any atom is 0.341 e. The molecular weight excluding hydrogens is 408 g/mol. The second kappa shape index (κ2) is 8.10. The second-order valence-electron chi connectivity index (χ2n) is 6.28. The summed E-state index contributed by atoms with van der Waals surface area (Å²) in [6.07, 6.45) is 3.28. The van der Waals surface area contributed by atoms with Gasteiger partial charge in [0.2, 0.25) is 5.43 Å². The highest BCUT2D eigenvalue weighted by molar-refractivity contribution is 5.92. The number of nitrogens with one attached hydrogen (secondary N) is 1. The Balaban J connectivity index is 0.00000240. The monoisotopic (exact) mass is 423 g/mol. The maximum absolute atomic E-state index is 14.7. The molecule has 0 aromatic carbocycles. The van der Waals surface area contributed by atoms with Crippen LogP contribution < -0.4 is 15.6 Å². The zero-order chi connectivity index (χ0) is 19.8. The van der Waals surface area contributed by atoms with Crippen LogP contribution in [0.1, 0.15) is 10.4 Å². The molecule has 1 saturated heterocycles. The Labute approximate surface area is 169 Å². The van der Waals surface area contributed by atoms with Crippen molar-refractivity contribution >= 4 is 35.2 Å². The number of carbonyl (C=O) groups is 1. The number of nitrogens with zero attached hydrogens (tertiary/aromatic N) is 4. The van der Waals surface area contributed by atoms with E-state index in [0.29, 0.717) is 26.2 Å². The van der Waals surface area contributed by atoms with Crippen molar-refractivity contribution in [3.8, 4) is 5.69 Å². The van der Waals surface area contributed by atoms with E-state index >= 15 is 0 Å². The van der Waals surface area contributed by atoms with Crippen LogP contribution in [0.4, 0.5) is 14.6 Å². The summed E-state index contributed by atoms with van der Waals surface area (Å²) in [4.78, 5) is 33.7. The molecule has 4 heterocycles. The van der Waals surface area contributed by atoms with Crippen LogP contribution in [-0.2, 0) is 0 Å². The topological polar surface area (TPSA) is 100 Å². The molecule has 8 nitrogen and oxygen atoms in total. The Morgan fingerprint density at radius 3 is 2.59 bits per heavy atom. The molecule has 11 heteroatoms. The Hall–Kier alpha value is -3.11. The number of fused-ring (bicyclic) bond motifs is 1. The first kappa shape index (κ1) is 20.6. The minimum absolute atomic E-state index is 0.